The van der Waals surface area contributed by atoms with Crippen LogP contribution in [0.3, 0.4) is 0 Å². The van der Waals surface area contributed by atoms with E-state index in [1.807, 2.05) is 0 Å². The van der Waals surface area contributed by atoms with E-state index in [1.165, 1.54) is 19.2 Å². The SMILES string of the molecule is COc1ccc(S(=O)(=O)NCC2(O)CCCCC2)c(N)c1. The second-order valence-electron chi connectivity index (χ2n) is 5.51. The lowest BCUT2D eigenvalue weighted by Crippen LogP contribution is -2.44. The van der Waals surface area contributed by atoms with Crippen molar-refractivity contribution in [2.45, 2.75) is 42.6 Å². The lowest BCUT2D eigenvalue weighted by Gasteiger charge is -2.32. The van der Waals surface area contributed by atoms with Crippen LogP contribution in [0.5, 0.6) is 5.75 Å². The largest absolute Gasteiger partial charge is 0.497 e. The van der Waals surface area contributed by atoms with Crippen molar-refractivity contribution in [1.82, 2.24) is 4.72 Å². The van der Waals surface area contributed by atoms with E-state index in [2.05, 4.69) is 4.72 Å². The number of rotatable bonds is 5. The Morgan fingerprint density at radius 2 is 2.00 bits per heavy atom. The Bertz CT molecular complexity index is 595. The average molecular weight is 314 g/mol. The van der Waals surface area contributed by atoms with Crippen molar-refractivity contribution >= 4 is 15.7 Å². The van der Waals surface area contributed by atoms with Crippen molar-refractivity contribution in [2.75, 3.05) is 19.4 Å². The van der Waals surface area contributed by atoms with Crippen LogP contribution in [0.15, 0.2) is 23.1 Å². The van der Waals surface area contributed by atoms with Crippen molar-refractivity contribution < 1.29 is 18.3 Å². The van der Waals surface area contributed by atoms with Gasteiger partial charge in [-0.05, 0) is 25.0 Å². The fourth-order valence-corrected chi connectivity index (χ4v) is 3.82. The third kappa shape index (κ3) is 3.87. The summed E-state index contributed by atoms with van der Waals surface area (Å²) in [7, 11) is -2.26. The molecule has 0 saturated heterocycles. The minimum atomic E-state index is -3.74. The number of nitrogens with two attached hydrogens (primary N) is 1. The minimum absolute atomic E-state index is 0.00251. The van der Waals surface area contributed by atoms with Gasteiger partial charge in [-0.3, -0.25) is 0 Å². The number of sulfonamides is 1. The van der Waals surface area contributed by atoms with Crippen molar-refractivity contribution in [1.29, 1.82) is 0 Å². The van der Waals surface area contributed by atoms with Crippen LogP contribution in [0, 0.1) is 0 Å². The molecule has 4 N–H and O–H groups in total. The maximum Gasteiger partial charge on any atom is 0.242 e. The molecule has 1 aliphatic carbocycles. The van der Waals surface area contributed by atoms with E-state index in [4.69, 9.17) is 10.5 Å². The third-order valence-corrected chi connectivity index (χ3v) is 5.36. The summed E-state index contributed by atoms with van der Waals surface area (Å²) in [5.74, 6) is 0.498. The highest BCUT2D eigenvalue weighted by molar-refractivity contribution is 7.89. The summed E-state index contributed by atoms with van der Waals surface area (Å²) in [6.07, 6.45) is 4.16. The van der Waals surface area contributed by atoms with Crippen LogP contribution >= 0.6 is 0 Å². The molecule has 0 unspecified atom stereocenters. The lowest BCUT2D eigenvalue weighted by atomic mass is 9.85. The molecule has 0 atom stereocenters. The van der Waals surface area contributed by atoms with Crippen LogP contribution in [0.2, 0.25) is 0 Å². The number of aliphatic hydroxyl groups is 1. The highest BCUT2D eigenvalue weighted by Crippen LogP contribution is 2.28. The van der Waals surface area contributed by atoms with Crippen LogP contribution in [-0.4, -0.2) is 32.8 Å². The molecule has 21 heavy (non-hydrogen) atoms. The average Bonchev–Trinajstić information content (AvgIpc) is 2.46. The Morgan fingerprint density at radius 1 is 1.33 bits per heavy atom. The van der Waals surface area contributed by atoms with Crippen LogP contribution < -0.4 is 15.2 Å². The normalized spacial score (nSPS) is 18.4. The fraction of sp³-hybridized carbons (Fsp3) is 0.571. The first kappa shape index (κ1) is 16.1. The van der Waals surface area contributed by atoms with Crippen LogP contribution in [0.4, 0.5) is 5.69 Å². The monoisotopic (exact) mass is 314 g/mol. The second kappa shape index (κ2) is 6.21. The zero-order valence-electron chi connectivity index (χ0n) is 12.1. The molecule has 0 heterocycles. The van der Waals surface area contributed by atoms with Crippen molar-refractivity contribution in [2.24, 2.45) is 0 Å². The number of anilines is 1. The van der Waals surface area contributed by atoms with Gasteiger partial charge in [-0.1, -0.05) is 19.3 Å². The molecule has 118 valence electrons. The third-order valence-electron chi connectivity index (χ3n) is 3.88. The van der Waals surface area contributed by atoms with Crippen molar-refractivity contribution in [3.63, 3.8) is 0 Å². The van der Waals surface area contributed by atoms with Crippen LogP contribution in [0.1, 0.15) is 32.1 Å². The number of nitrogens with one attached hydrogen (secondary N) is 1. The molecule has 7 heteroatoms. The van der Waals surface area contributed by atoms with Gasteiger partial charge in [0.25, 0.3) is 0 Å². The van der Waals surface area contributed by atoms with Gasteiger partial charge in [0.15, 0.2) is 0 Å². The number of hydrogen-bond donors (Lipinski definition) is 3. The van der Waals surface area contributed by atoms with E-state index in [1.54, 1.807) is 6.07 Å². The molecule has 0 aliphatic heterocycles. The summed E-state index contributed by atoms with van der Waals surface area (Å²) in [5.41, 5.74) is 4.93. The fourth-order valence-electron chi connectivity index (χ4n) is 2.59. The maximum atomic E-state index is 12.3. The van der Waals surface area contributed by atoms with Crippen molar-refractivity contribution in [3.8, 4) is 5.75 Å². The summed E-state index contributed by atoms with van der Waals surface area (Å²) < 4.78 is 32.1. The predicted octanol–water partition coefficient (Wildman–Crippen LogP) is 1.25. The molecule has 1 aromatic carbocycles. The Kier molecular flexibility index (Phi) is 4.75. The Labute approximate surface area is 125 Å². The van der Waals surface area contributed by atoms with E-state index >= 15 is 0 Å². The van der Waals surface area contributed by atoms with E-state index in [-0.39, 0.29) is 17.1 Å². The van der Waals surface area contributed by atoms with E-state index < -0.39 is 15.6 Å². The van der Waals surface area contributed by atoms with Gasteiger partial charge in [0.2, 0.25) is 10.0 Å². The quantitative estimate of drug-likeness (QED) is 0.710. The molecule has 6 nitrogen and oxygen atoms in total. The summed E-state index contributed by atoms with van der Waals surface area (Å²) in [6, 6.07) is 4.41. The first-order valence-electron chi connectivity index (χ1n) is 7.02. The summed E-state index contributed by atoms with van der Waals surface area (Å²) in [4.78, 5) is 0.00251. The molecule has 1 fully saturated rings. The van der Waals surface area contributed by atoms with Gasteiger partial charge in [0.1, 0.15) is 10.6 Å². The number of hydrogen-bond acceptors (Lipinski definition) is 5. The van der Waals surface area contributed by atoms with Gasteiger partial charge in [-0.15, -0.1) is 0 Å². The molecule has 1 aromatic rings. The topological polar surface area (TPSA) is 102 Å². The standard InChI is InChI=1S/C14H22N2O4S/c1-20-11-5-6-13(12(15)9-11)21(18,19)16-10-14(17)7-3-2-4-8-14/h5-6,9,16-17H,2-4,7-8,10,15H2,1H3. The Morgan fingerprint density at radius 3 is 2.57 bits per heavy atom. The second-order valence-corrected chi connectivity index (χ2v) is 7.25. The molecule has 0 bridgehead atoms. The van der Waals surface area contributed by atoms with E-state index in [9.17, 15) is 13.5 Å². The highest BCUT2D eigenvalue weighted by Gasteiger charge is 2.31. The van der Waals surface area contributed by atoms with Gasteiger partial charge in [-0.2, -0.15) is 0 Å². The van der Waals surface area contributed by atoms with Gasteiger partial charge < -0.3 is 15.6 Å². The van der Waals surface area contributed by atoms with Crippen molar-refractivity contribution in [3.05, 3.63) is 18.2 Å². The van der Waals surface area contributed by atoms with Gasteiger partial charge in [-0.25, -0.2) is 13.1 Å². The zero-order chi connectivity index (χ0) is 15.5. The minimum Gasteiger partial charge on any atom is -0.497 e. The first-order chi connectivity index (χ1) is 9.86. The molecule has 1 aliphatic rings. The molecule has 1 saturated carbocycles. The molecular formula is C14H22N2O4S. The highest BCUT2D eigenvalue weighted by atomic mass is 32.2. The molecule has 0 spiro atoms. The molecule has 0 amide bonds. The molecule has 2 rings (SSSR count). The molecule has 0 radical (unpaired) electrons. The summed E-state index contributed by atoms with van der Waals surface area (Å²) in [6.45, 7) is 0.0147. The number of ether oxygens (including phenoxy) is 1. The lowest BCUT2D eigenvalue weighted by molar-refractivity contribution is 0.00945. The number of methoxy groups -OCH3 is 1. The Hall–Kier alpha value is -1.31. The number of nitrogen functional groups attached to an aromatic ring is 1. The first-order valence-corrected chi connectivity index (χ1v) is 8.50. The van der Waals surface area contributed by atoms with E-state index in [0.29, 0.717) is 18.6 Å². The zero-order valence-corrected chi connectivity index (χ0v) is 12.9. The summed E-state index contributed by atoms with van der Waals surface area (Å²) in [5, 5.41) is 10.4. The van der Waals surface area contributed by atoms with Gasteiger partial charge >= 0.3 is 0 Å². The molecular weight excluding hydrogens is 292 g/mol. The Balaban J connectivity index is 2.11. The van der Waals surface area contributed by atoms with Gasteiger partial charge in [0.05, 0.1) is 18.4 Å². The summed E-state index contributed by atoms with van der Waals surface area (Å²) >= 11 is 0. The number of benzene rings is 1. The maximum absolute atomic E-state index is 12.3. The smallest absolute Gasteiger partial charge is 0.242 e. The van der Waals surface area contributed by atoms with Crippen LogP contribution in [0.25, 0.3) is 0 Å². The van der Waals surface area contributed by atoms with E-state index in [0.717, 1.165) is 19.3 Å². The van der Waals surface area contributed by atoms with Crippen LogP contribution in [-0.2, 0) is 10.0 Å². The molecule has 0 aromatic heterocycles. The van der Waals surface area contributed by atoms with Gasteiger partial charge in [0, 0.05) is 12.6 Å². The predicted molar refractivity (Wildman–Crippen MR) is 80.6 cm³/mol.